The van der Waals surface area contributed by atoms with Crippen molar-refractivity contribution in [2.24, 2.45) is 0 Å². The first-order valence-corrected chi connectivity index (χ1v) is 11.7. The smallest absolute Gasteiger partial charge is 0.321 e. The molecule has 5 rings (SSSR count). The van der Waals surface area contributed by atoms with E-state index in [0.29, 0.717) is 19.7 Å². The maximum Gasteiger partial charge on any atom is 0.321 e. The van der Waals surface area contributed by atoms with Crippen molar-refractivity contribution < 1.29 is 14.4 Å². The van der Waals surface area contributed by atoms with Crippen LogP contribution >= 0.6 is 0 Å². The fourth-order valence-corrected chi connectivity index (χ4v) is 4.27. The molecule has 2 aliphatic rings. The van der Waals surface area contributed by atoms with Crippen LogP contribution in [0.1, 0.15) is 29.5 Å². The average molecular weight is 456 g/mol. The largest absolute Gasteiger partial charge is 0.489 e. The number of rotatable bonds is 5. The van der Waals surface area contributed by atoms with Gasteiger partial charge >= 0.3 is 6.03 Å². The first-order chi connectivity index (χ1) is 16.6. The molecule has 0 unspecified atom stereocenters. The van der Waals surface area contributed by atoms with Crippen LogP contribution in [0.2, 0.25) is 0 Å². The summed E-state index contributed by atoms with van der Waals surface area (Å²) in [4.78, 5) is 20.6. The first-order valence-electron chi connectivity index (χ1n) is 11.7. The molecule has 0 aliphatic carbocycles. The summed E-state index contributed by atoms with van der Waals surface area (Å²) in [6.45, 7) is 3.85. The van der Waals surface area contributed by atoms with Gasteiger partial charge in [0.15, 0.2) is 0 Å². The number of carbonyl (C=O) groups is 1. The number of benzene rings is 3. The number of likely N-dealkylation sites (tertiary alicyclic amines) is 1. The summed E-state index contributed by atoms with van der Waals surface area (Å²) < 4.78 is 5.82. The van der Waals surface area contributed by atoms with Gasteiger partial charge in [-0.1, -0.05) is 60.2 Å². The maximum atomic E-state index is 12.8. The van der Waals surface area contributed by atoms with Crippen molar-refractivity contribution >= 4 is 17.4 Å². The molecule has 3 aromatic carbocycles. The lowest BCUT2D eigenvalue weighted by atomic mass is 9.90. The quantitative estimate of drug-likeness (QED) is 0.532. The van der Waals surface area contributed by atoms with Gasteiger partial charge in [-0.2, -0.15) is 0 Å². The monoisotopic (exact) mass is 455 g/mol. The van der Waals surface area contributed by atoms with E-state index in [1.807, 2.05) is 59.5 Å². The van der Waals surface area contributed by atoms with Crippen molar-refractivity contribution in [3.63, 3.8) is 0 Å². The number of hydrogen-bond acceptors (Lipinski definition) is 4. The second kappa shape index (κ2) is 9.61. The number of carbonyl (C=O) groups excluding carboxylic acids is 1. The Morgan fingerprint density at radius 3 is 2.41 bits per heavy atom. The molecule has 6 nitrogen and oxygen atoms in total. The SMILES string of the molecule is Cc1ccc(C2=CC3(CCN(C(=O)Nc4ccc(OCc5ccccc5)cc4)CC3)ON2)cc1. The highest BCUT2D eigenvalue weighted by Gasteiger charge is 2.39. The Balaban J connectivity index is 1.12. The highest BCUT2D eigenvalue weighted by atomic mass is 16.7. The third-order valence-corrected chi connectivity index (χ3v) is 6.39. The van der Waals surface area contributed by atoms with Crippen LogP contribution in [0, 0.1) is 6.92 Å². The minimum Gasteiger partial charge on any atom is -0.489 e. The number of nitrogens with zero attached hydrogens (tertiary/aromatic N) is 1. The van der Waals surface area contributed by atoms with Gasteiger partial charge in [-0.3, -0.25) is 10.3 Å². The number of hydroxylamine groups is 1. The zero-order chi connectivity index (χ0) is 23.4. The van der Waals surface area contributed by atoms with Gasteiger partial charge in [0, 0.05) is 31.6 Å². The summed E-state index contributed by atoms with van der Waals surface area (Å²) in [5.41, 5.74) is 7.92. The van der Waals surface area contributed by atoms with E-state index < -0.39 is 0 Å². The van der Waals surface area contributed by atoms with E-state index in [2.05, 4.69) is 48.1 Å². The number of nitrogens with one attached hydrogen (secondary N) is 2. The van der Waals surface area contributed by atoms with Crippen LogP contribution < -0.4 is 15.5 Å². The van der Waals surface area contributed by atoms with Crippen molar-refractivity contribution in [2.45, 2.75) is 32.0 Å². The van der Waals surface area contributed by atoms with Gasteiger partial charge in [-0.15, -0.1) is 0 Å². The molecule has 1 fully saturated rings. The Bertz CT molecular complexity index is 1150. The molecule has 1 spiro atoms. The van der Waals surface area contributed by atoms with Crippen molar-refractivity contribution in [1.82, 2.24) is 10.4 Å². The van der Waals surface area contributed by atoms with Crippen LogP contribution in [-0.2, 0) is 11.4 Å². The maximum absolute atomic E-state index is 12.8. The van der Waals surface area contributed by atoms with Gasteiger partial charge in [0.25, 0.3) is 0 Å². The Kier molecular flexibility index (Phi) is 6.23. The van der Waals surface area contributed by atoms with E-state index in [1.165, 1.54) is 5.56 Å². The zero-order valence-corrected chi connectivity index (χ0v) is 19.3. The third-order valence-electron chi connectivity index (χ3n) is 6.39. The molecule has 3 aromatic rings. The molecule has 2 amide bonds. The lowest BCUT2D eigenvalue weighted by molar-refractivity contribution is -0.0634. The summed E-state index contributed by atoms with van der Waals surface area (Å²) in [5.74, 6) is 0.767. The van der Waals surface area contributed by atoms with E-state index in [4.69, 9.17) is 9.57 Å². The van der Waals surface area contributed by atoms with Crippen LogP contribution in [0.4, 0.5) is 10.5 Å². The van der Waals surface area contributed by atoms with E-state index in [-0.39, 0.29) is 11.6 Å². The second-order valence-electron chi connectivity index (χ2n) is 8.91. The molecule has 0 atom stereocenters. The Hall–Kier alpha value is -3.77. The number of ether oxygens (including phenoxy) is 1. The summed E-state index contributed by atoms with van der Waals surface area (Å²) in [6, 6.07) is 25.8. The first kappa shape index (κ1) is 22.0. The highest BCUT2D eigenvalue weighted by molar-refractivity contribution is 5.89. The molecular weight excluding hydrogens is 426 g/mol. The summed E-state index contributed by atoms with van der Waals surface area (Å²) in [5, 5.41) is 2.99. The minimum atomic E-state index is -0.366. The normalized spacial score (nSPS) is 16.6. The molecule has 2 N–H and O–H groups in total. The average Bonchev–Trinajstić information content (AvgIpc) is 3.28. The van der Waals surface area contributed by atoms with Crippen LogP contribution in [0.25, 0.3) is 5.70 Å². The molecule has 2 aliphatic heterocycles. The molecule has 2 heterocycles. The Labute approximate surface area is 200 Å². The van der Waals surface area contributed by atoms with Crippen LogP contribution in [-0.4, -0.2) is 29.6 Å². The predicted octanol–water partition coefficient (Wildman–Crippen LogP) is 5.52. The third kappa shape index (κ3) is 5.07. The molecular formula is C28H29N3O3. The van der Waals surface area contributed by atoms with E-state index in [1.54, 1.807) is 0 Å². The number of piperidine rings is 1. The number of hydrogen-bond donors (Lipinski definition) is 2. The molecule has 34 heavy (non-hydrogen) atoms. The van der Waals surface area contributed by atoms with E-state index >= 15 is 0 Å². The summed E-state index contributed by atoms with van der Waals surface area (Å²) >= 11 is 0. The van der Waals surface area contributed by atoms with Crippen LogP contribution in [0.15, 0.2) is 84.9 Å². The number of aryl methyl sites for hydroxylation is 1. The topological polar surface area (TPSA) is 62.8 Å². The fraction of sp³-hybridized carbons (Fsp3) is 0.250. The molecule has 0 aromatic heterocycles. The Morgan fingerprint density at radius 2 is 1.71 bits per heavy atom. The molecule has 0 radical (unpaired) electrons. The van der Waals surface area contributed by atoms with Crippen molar-refractivity contribution in [3.8, 4) is 5.75 Å². The number of anilines is 1. The minimum absolute atomic E-state index is 0.0958. The molecule has 6 heteroatoms. The van der Waals surface area contributed by atoms with Gasteiger partial charge in [0.05, 0.1) is 5.70 Å². The molecule has 1 saturated heterocycles. The van der Waals surface area contributed by atoms with Gasteiger partial charge in [-0.25, -0.2) is 4.79 Å². The van der Waals surface area contributed by atoms with E-state index in [0.717, 1.165) is 41.1 Å². The van der Waals surface area contributed by atoms with Crippen molar-refractivity contribution in [1.29, 1.82) is 0 Å². The van der Waals surface area contributed by atoms with Crippen molar-refractivity contribution in [3.05, 3.63) is 102 Å². The predicted molar refractivity (Wildman–Crippen MR) is 133 cm³/mol. The molecule has 0 bridgehead atoms. The lowest BCUT2D eigenvalue weighted by Crippen LogP contribution is -2.48. The van der Waals surface area contributed by atoms with Gasteiger partial charge in [-0.05, 0) is 48.4 Å². The lowest BCUT2D eigenvalue weighted by Gasteiger charge is -2.36. The summed E-state index contributed by atoms with van der Waals surface area (Å²) in [6.07, 6.45) is 3.66. The van der Waals surface area contributed by atoms with Gasteiger partial charge in [0.1, 0.15) is 18.0 Å². The Morgan fingerprint density at radius 1 is 1.00 bits per heavy atom. The second-order valence-corrected chi connectivity index (χ2v) is 8.91. The number of urea groups is 1. The van der Waals surface area contributed by atoms with Crippen LogP contribution in [0.3, 0.4) is 0 Å². The van der Waals surface area contributed by atoms with Crippen LogP contribution in [0.5, 0.6) is 5.75 Å². The highest BCUT2D eigenvalue weighted by Crippen LogP contribution is 2.35. The number of amides is 2. The molecule has 174 valence electrons. The fourth-order valence-electron chi connectivity index (χ4n) is 4.27. The van der Waals surface area contributed by atoms with Gasteiger partial charge in [0.2, 0.25) is 0 Å². The van der Waals surface area contributed by atoms with Crippen molar-refractivity contribution in [2.75, 3.05) is 18.4 Å². The van der Waals surface area contributed by atoms with Gasteiger partial charge < -0.3 is 15.0 Å². The standard InChI is InChI=1S/C28H29N3O3/c1-21-7-9-23(10-8-21)26-19-28(34-30-26)15-17-31(18-16-28)27(32)29-24-11-13-25(14-12-24)33-20-22-5-3-2-4-6-22/h2-14,19,30H,15-18,20H2,1H3,(H,29,32). The zero-order valence-electron chi connectivity index (χ0n) is 19.3. The molecule has 0 saturated carbocycles. The van der Waals surface area contributed by atoms with E-state index in [9.17, 15) is 4.79 Å². The summed E-state index contributed by atoms with van der Waals surface area (Å²) in [7, 11) is 0.